The molecule has 3 N–H and O–H groups in total. The van der Waals surface area contributed by atoms with Crippen molar-refractivity contribution in [3.63, 3.8) is 0 Å². The summed E-state index contributed by atoms with van der Waals surface area (Å²) in [5, 5.41) is 3.51. The van der Waals surface area contributed by atoms with Crippen molar-refractivity contribution in [3.05, 3.63) is 104 Å². The summed E-state index contributed by atoms with van der Waals surface area (Å²) in [5.41, 5.74) is -0.469. The van der Waals surface area contributed by atoms with Gasteiger partial charge in [-0.25, -0.2) is 23.9 Å². The molecule has 13 nitrogen and oxygen atoms in total. The molecule has 2 aromatic carbocycles. The highest BCUT2D eigenvalue weighted by molar-refractivity contribution is 7.88. The van der Waals surface area contributed by atoms with Gasteiger partial charge in [-0.05, 0) is 61.9 Å². The first-order valence-corrected chi connectivity index (χ1v) is 15.0. The molecule has 4 rings (SSSR count). The number of rotatable bonds is 12. The van der Waals surface area contributed by atoms with Gasteiger partial charge in [0.05, 0.1) is 12.5 Å². The third-order valence-corrected chi connectivity index (χ3v) is 7.41. The fraction of sp³-hybridized carbons (Fsp3) is 0.250. The summed E-state index contributed by atoms with van der Waals surface area (Å²) in [6, 6.07) is 18.3. The van der Waals surface area contributed by atoms with E-state index in [2.05, 4.69) is 20.0 Å². The summed E-state index contributed by atoms with van der Waals surface area (Å²) in [6.07, 6.45) is 1.61. The van der Waals surface area contributed by atoms with Gasteiger partial charge in [-0.2, -0.15) is 18.1 Å². The van der Waals surface area contributed by atoms with Gasteiger partial charge in [0.15, 0.2) is 0 Å². The average molecular weight is 628 g/mol. The minimum atomic E-state index is -4.12. The average Bonchev–Trinajstić information content (AvgIpc) is 2.94. The van der Waals surface area contributed by atoms with Crippen molar-refractivity contribution in [1.29, 1.82) is 0 Å². The van der Waals surface area contributed by atoms with Crippen LogP contribution in [0, 0.1) is 5.92 Å². The van der Waals surface area contributed by atoms with Gasteiger partial charge in [0.2, 0.25) is 17.7 Å². The zero-order chi connectivity index (χ0) is 31.1. The SMILES string of the molecule is CC(C)NS(=O)(=O)NC(=O)[C@@H](C)Cn1c(=O)nc(Nc2ccc(Oc3ccccn3)cc2)n(Cc2ccc(Cl)cc2)c1=O. The molecule has 2 heterocycles. The van der Waals surface area contributed by atoms with Crippen LogP contribution in [0.4, 0.5) is 11.6 Å². The number of pyridine rings is 1. The molecule has 0 spiro atoms. The Kier molecular flexibility index (Phi) is 9.95. The molecule has 0 aliphatic heterocycles. The molecular formula is C28H30ClN7O6S. The molecular weight excluding hydrogens is 598 g/mol. The Hall–Kier alpha value is -4.53. The topological polar surface area (TPSA) is 166 Å². The van der Waals surface area contributed by atoms with Crippen LogP contribution >= 0.6 is 11.6 Å². The fourth-order valence-electron chi connectivity index (χ4n) is 3.89. The molecule has 0 bridgehead atoms. The fourth-order valence-corrected chi connectivity index (χ4v) is 5.16. The first-order chi connectivity index (χ1) is 20.4. The van der Waals surface area contributed by atoms with Gasteiger partial charge in [0, 0.05) is 35.6 Å². The minimum absolute atomic E-state index is 0.0136. The summed E-state index contributed by atoms with van der Waals surface area (Å²) in [7, 11) is -4.12. The minimum Gasteiger partial charge on any atom is -0.439 e. The van der Waals surface area contributed by atoms with Crippen molar-refractivity contribution >= 4 is 39.4 Å². The predicted molar refractivity (Wildman–Crippen MR) is 162 cm³/mol. The number of carbonyl (C=O) groups is 1. The van der Waals surface area contributed by atoms with E-state index < -0.39 is 46.0 Å². The van der Waals surface area contributed by atoms with Crippen LogP contribution in [0.1, 0.15) is 26.3 Å². The van der Waals surface area contributed by atoms with Gasteiger partial charge in [0.25, 0.3) is 0 Å². The molecule has 0 unspecified atom stereocenters. The van der Waals surface area contributed by atoms with E-state index in [4.69, 9.17) is 16.3 Å². The van der Waals surface area contributed by atoms with Gasteiger partial charge in [-0.15, -0.1) is 0 Å². The van der Waals surface area contributed by atoms with Crippen LogP contribution in [0.3, 0.4) is 0 Å². The van der Waals surface area contributed by atoms with Crippen molar-refractivity contribution in [2.24, 2.45) is 5.92 Å². The molecule has 0 fully saturated rings. The number of carbonyl (C=O) groups excluding carboxylic acids is 1. The Bertz CT molecular complexity index is 1790. The van der Waals surface area contributed by atoms with E-state index >= 15 is 0 Å². The summed E-state index contributed by atoms with van der Waals surface area (Å²) in [4.78, 5) is 47.5. The van der Waals surface area contributed by atoms with E-state index in [-0.39, 0.29) is 12.5 Å². The Morgan fingerprint density at radius 2 is 1.67 bits per heavy atom. The lowest BCUT2D eigenvalue weighted by atomic mass is 10.2. The zero-order valence-electron chi connectivity index (χ0n) is 23.5. The molecule has 0 aliphatic carbocycles. The first kappa shape index (κ1) is 31.4. The van der Waals surface area contributed by atoms with Gasteiger partial charge < -0.3 is 10.1 Å². The molecule has 0 saturated heterocycles. The van der Waals surface area contributed by atoms with Crippen LogP contribution in [0.15, 0.2) is 82.5 Å². The second kappa shape index (κ2) is 13.6. The number of ether oxygens (including phenoxy) is 1. The lowest BCUT2D eigenvalue weighted by Crippen LogP contribution is -2.48. The number of hydrogen-bond acceptors (Lipinski definition) is 9. The Balaban J connectivity index is 1.62. The molecule has 0 radical (unpaired) electrons. The molecule has 0 saturated carbocycles. The highest BCUT2D eigenvalue weighted by atomic mass is 35.5. The van der Waals surface area contributed by atoms with Crippen molar-refractivity contribution in [3.8, 4) is 11.6 Å². The lowest BCUT2D eigenvalue weighted by molar-refractivity contribution is -0.123. The standard InChI is InChI=1S/C28H30ClN7O6S/c1-18(2)33-43(40,41)34-25(37)19(3)16-36-27(38)32-26(35(28(36)39)17-20-7-9-21(29)10-8-20)31-22-11-13-23(14-12-22)42-24-6-4-5-15-30-24/h4-15,18-19,33H,16-17H2,1-3H3,(H,34,37)(H,31,32,38)/t19-/m0/s1. The van der Waals surface area contributed by atoms with Crippen molar-refractivity contribution < 1.29 is 17.9 Å². The maximum Gasteiger partial charge on any atom is 0.354 e. The van der Waals surface area contributed by atoms with Crippen LogP contribution in [0.25, 0.3) is 0 Å². The van der Waals surface area contributed by atoms with E-state index in [0.29, 0.717) is 27.9 Å². The van der Waals surface area contributed by atoms with Gasteiger partial charge in [-0.3, -0.25) is 9.36 Å². The molecule has 1 atom stereocenters. The monoisotopic (exact) mass is 627 g/mol. The smallest absolute Gasteiger partial charge is 0.354 e. The summed E-state index contributed by atoms with van der Waals surface area (Å²) in [5.74, 6) is -1.06. The summed E-state index contributed by atoms with van der Waals surface area (Å²) in [6.45, 7) is 4.20. The Labute approximate surface area is 252 Å². The number of hydrogen-bond donors (Lipinski definition) is 3. The van der Waals surface area contributed by atoms with Crippen molar-refractivity contribution in [2.75, 3.05) is 5.32 Å². The van der Waals surface area contributed by atoms with Crippen LogP contribution < -0.4 is 30.9 Å². The van der Waals surface area contributed by atoms with E-state index in [0.717, 1.165) is 4.57 Å². The molecule has 2 aromatic heterocycles. The van der Waals surface area contributed by atoms with Crippen LogP contribution in [0.5, 0.6) is 11.6 Å². The quantitative estimate of drug-likeness (QED) is 0.214. The Morgan fingerprint density at radius 1 is 0.977 bits per heavy atom. The maximum atomic E-state index is 13.6. The molecule has 4 aromatic rings. The van der Waals surface area contributed by atoms with Gasteiger partial charge in [-0.1, -0.05) is 36.7 Å². The number of nitrogens with zero attached hydrogens (tertiary/aromatic N) is 4. The van der Waals surface area contributed by atoms with E-state index in [1.54, 1.807) is 86.8 Å². The number of benzene rings is 2. The molecule has 1 amide bonds. The number of anilines is 2. The third-order valence-electron chi connectivity index (χ3n) is 5.90. The van der Waals surface area contributed by atoms with Gasteiger partial charge in [0.1, 0.15) is 5.75 Å². The highest BCUT2D eigenvalue weighted by Crippen LogP contribution is 2.22. The van der Waals surface area contributed by atoms with Gasteiger partial charge >= 0.3 is 21.6 Å². The predicted octanol–water partition coefficient (Wildman–Crippen LogP) is 3.03. The maximum absolute atomic E-state index is 13.6. The number of halogens is 1. The normalized spacial score (nSPS) is 12.1. The summed E-state index contributed by atoms with van der Waals surface area (Å²) >= 11 is 6.02. The highest BCUT2D eigenvalue weighted by Gasteiger charge is 2.23. The van der Waals surface area contributed by atoms with E-state index in [1.165, 1.54) is 11.5 Å². The second-order valence-electron chi connectivity index (χ2n) is 9.89. The van der Waals surface area contributed by atoms with Crippen molar-refractivity contribution in [1.82, 2.24) is 28.5 Å². The molecule has 15 heteroatoms. The third kappa shape index (κ3) is 8.73. The molecule has 0 aliphatic rings. The number of aromatic nitrogens is 4. The zero-order valence-corrected chi connectivity index (χ0v) is 25.1. The largest absolute Gasteiger partial charge is 0.439 e. The summed E-state index contributed by atoms with van der Waals surface area (Å²) < 4.78 is 36.2. The van der Waals surface area contributed by atoms with E-state index in [1.807, 2.05) is 4.72 Å². The van der Waals surface area contributed by atoms with Crippen LogP contribution in [-0.2, 0) is 28.1 Å². The van der Waals surface area contributed by atoms with Crippen LogP contribution in [-0.4, -0.2) is 39.5 Å². The Morgan fingerprint density at radius 3 is 2.30 bits per heavy atom. The molecule has 43 heavy (non-hydrogen) atoms. The number of nitrogens with one attached hydrogen (secondary N) is 3. The first-order valence-electron chi connectivity index (χ1n) is 13.2. The second-order valence-corrected chi connectivity index (χ2v) is 11.8. The lowest BCUT2D eigenvalue weighted by Gasteiger charge is -2.18. The van der Waals surface area contributed by atoms with Crippen molar-refractivity contribution in [2.45, 2.75) is 39.9 Å². The van der Waals surface area contributed by atoms with E-state index in [9.17, 15) is 22.8 Å². The molecule has 226 valence electrons. The van der Waals surface area contributed by atoms with Crippen LogP contribution in [0.2, 0.25) is 5.02 Å². The number of amides is 1.